The SMILES string of the molecule is C1=CC2Oc3cc(-c4nccc5ccccc45)ccc3C2C=C1. The Kier molecular flexibility index (Phi) is 2.65. The van der Waals surface area contributed by atoms with Crippen LogP contribution in [0.4, 0.5) is 0 Å². The molecule has 0 bridgehead atoms. The third kappa shape index (κ3) is 1.92. The maximum absolute atomic E-state index is 6.12. The number of hydrogen-bond donors (Lipinski definition) is 0. The molecular weight excluding hydrogens is 282 g/mol. The Labute approximate surface area is 134 Å². The molecule has 3 aromatic rings. The van der Waals surface area contributed by atoms with Crippen molar-refractivity contribution in [3.63, 3.8) is 0 Å². The van der Waals surface area contributed by atoms with E-state index in [1.165, 1.54) is 16.3 Å². The summed E-state index contributed by atoms with van der Waals surface area (Å²) < 4.78 is 6.12. The van der Waals surface area contributed by atoms with Gasteiger partial charge in [0.1, 0.15) is 11.9 Å². The third-order valence-corrected chi connectivity index (χ3v) is 4.67. The minimum atomic E-state index is 0.130. The molecule has 2 aliphatic rings. The van der Waals surface area contributed by atoms with Crippen LogP contribution < -0.4 is 4.74 Å². The van der Waals surface area contributed by atoms with E-state index in [1.807, 2.05) is 12.3 Å². The number of aromatic nitrogens is 1. The zero-order valence-corrected chi connectivity index (χ0v) is 12.5. The van der Waals surface area contributed by atoms with Crippen molar-refractivity contribution >= 4 is 10.8 Å². The third-order valence-electron chi connectivity index (χ3n) is 4.67. The van der Waals surface area contributed by atoms with Crippen molar-refractivity contribution in [3.05, 3.63) is 84.6 Å². The minimum absolute atomic E-state index is 0.130. The van der Waals surface area contributed by atoms with Crippen molar-refractivity contribution in [1.82, 2.24) is 4.98 Å². The molecule has 2 aromatic carbocycles. The first-order valence-corrected chi connectivity index (χ1v) is 7.90. The lowest BCUT2D eigenvalue weighted by Crippen LogP contribution is -2.15. The van der Waals surface area contributed by atoms with Gasteiger partial charge < -0.3 is 4.74 Å². The molecule has 110 valence electrons. The fourth-order valence-corrected chi connectivity index (χ4v) is 3.54. The Morgan fingerprint density at radius 2 is 1.83 bits per heavy atom. The average Bonchev–Trinajstić information content (AvgIpc) is 2.99. The lowest BCUT2D eigenvalue weighted by atomic mass is 9.91. The predicted octanol–water partition coefficient (Wildman–Crippen LogP) is 4.87. The van der Waals surface area contributed by atoms with Gasteiger partial charge in [-0.15, -0.1) is 0 Å². The molecule has 1 aliphatic carbocycles. The molecule has 2 unspecified atom stereocenters. The molecule has 1 aliphatic heterocycles. The molecule has 5 rings (SSSR count). The van der Waals surface area contributed by atoms with Crippen molar-refractivity contribution in [2.24, 2.45) is 0 Å². The second-order valence-electron chi connectivity index (χ2n) is 6.01. The first kappa shape index (κ1) is 12.7. The second kappa shape index (κ2) is 4.82. The van der Waals surface area contributed by atoms with Gasteiger partial charge in [-0.1, -0.05) is 54.6 Å². The fraction of sp³-hybridized carbons (Fsp3) is 0.0952. The predicted molar refractivity (Wildman–Crippen MR) is 92.6 cm³/mol. The molecule has 0 saturated carbocycles. The highest BCUT2D eigenvalue weighted by Gasteiger charge is 2.32. The average molecular weight is 297 g/mol. The van der Waals surface area contributed by atoms with E-state index in [4.69, 9.17) is 4.74 Å². The van der Waals surface area contributed by atoms with Gasteiger partial charge >= 0.3 is 0 Å². The topological polar surface area (TPSA) is 22.1 Å². The van der Waals surface area contributed by atoms with Crippen molar-refractivity contribution in [1.29, 1.82) is 0 Å². The van der Waals surface area contributed by atoms with E-state index >= 15 is 0 Å². The monoisotopic (exact) mass is 297 g/mol. The molecule has 0 amide bonds. The van der Waals surface area contributed by atoms with Gasteiger partial charge in [-0.25, -0.2) is 0 Å². The smallest absolute Gasteiger partial charge is 0.128 e. The Morgan fingerprint density at radius 3 is 2.83 bits per heavy atom. The van der Waals surface area contributed by atoms with Crippen LogP contribution in [0, 0.1) is 0 Å². The minimum Gasteiger partial charge on any atom is -0.485 e. The van der Waals surface area contributed by atoms with Crippen molar-refractivity contribution in [2.45, 2.75) is 12.0 Å². The van der Waals surface area contributed by atoms with Crippen LogP contribution in [0.15, 0.2) is 79.0 Å². The molecule has 23 heavy (non-hydrogen) atoms. The first-order valence-electron chi connectivity index (χ1n) is 7.90. The van der Waals surface area contributed by atoms with Crippen LogP contribution in [0.25, 0.3) is 22.0 Å². The van der Waals surface area contributed by atoms with Crippen LogP contribution in [-0.4, -0.2) is 11.1 Å². The molecule has 0 N–H and O–H groups in total. The van der Waals surface area contributed by atoms with E-state index in [-0.39, 0.29) is 6.10 Å². The Balaban J connectivity index is 1.66. The van der Waals surface area contributed by atoms with Crippen LogP contribution >= 0.6 is 0 Å². The maximum atomic E-state index is 6.12. The number of nitrogens with zero attached hydrogens (tertiary/aromatic N) is 1. The van der Waals surface area contributed by atoms with Crippen molar-refractivity contribution in [3.8, 4) is 17.0 Å². The normalized spacial score (nSPS) is 21.0. The van der Waals surface area contributed by atoms with E-state index in [9.17, 15) is 0 Å². The van der Waals surface area contributed by atoms with E-state index < -0.39 is 0 Å². The number of allylic oxidation sites excluding steroid dienone is 2. The first-order chi connectivity index (χ1) is 11.4. The molecule has 0 fully saturated rings. The van der Waals surface area contributed by atoms with E-state index in [2.05, 4.69) is 71.8 Å². The van der Waals surface area contributed by atoms with Gasteiger partial charge in [0.25, 0.3) is 0 Å². The zero-order chi connectivity index (χ0) is 15.2. The summed E-state index contributed by atoms with van der Waals surface area (Å²) in [5.74, 6) is 1.31. The van der Waals surface area contributed by atoms with Gasteiger partial charge in [-0.3, -0.25) is 4.98 Å². The summed E-state index contributed by atoms with van der Waals surface area (Å²) in [5, 5.41) is 2.38. The lowest BCUT2D eigenvalue weighted by molar-refractivity contribution is 0.269. The summed E-state index contributed by atoms with van der Waals surface area (Å²) in [6, 6.07) is 16.9. The molecule has 2 atom stereocenters. The quantitative estimate of drug-likeness (QED) is 0.639. The largest absolute Gasteiger partial charge is 0.485 e. The van der Waals surface area contributed by atoms with Crippen molar-refractivity contribution in [2.75, 3.05) is 0 Å². The maximum Gasteiger partial charge on any atom is 0.128 e. The summed E-state index contributed by atoms with van der Waals surface area (Å²) >= 11 is 0. The van der Waals surface area contributed by atoms with E-state index in [0.717, 1.165) is 17.0 Å². The summed E-state index contributed by atoms with van der Waals surface area (Å²) in [6.45, 7) is 0. The Hall–Kier alpha value is -2.87. The van der Waals surface area contributed by atoms with Crippen molar-refractivity contribution < 1.29 is 4.74 Å². The fourth-order valence-electron chi connectivity index (χ4n) is 3.54. The number of hydrogen-bond acceptors (Lipinski definition) is 2. The van der Waals surface area contributed by atoms with Crippen LogP contribution in [0.5, 0.6) is 5.75 Å². The van der Waals surface area contributed by atoms with Crippen LogP contribution in [0.1, 0.15) is 11.5 Å². The Bertz CT molecular complexity index is 965. The molecule has 2 nitrogen and oxygen atoms in total. The van der Waals surface area contributed by atoms with Gasteiger partial charge in [-0.05, 0) is 23.6 Å². The molecule has 0 saturated heterocycles. The van der Waals surface area contributed by atoms with Crippen LogP contribution in [0.2, 0.25) is 0 Å². The lowest BCUT2D eigenvalue weighted by Gasteiger charge is -2.13. The highest BCUT2D eigenvalue weighted by atomic mass is 16.5. The molecule has 1 aromatic heterocycles. The highest BCUT2D eigenvalue weighted by molar-refractivity contribution is 5.94. The number of benzene rings is 2. The van der Waals surface area contributed by atoms with Gasteiger partial charge in [-0.2, -0.15) is 0 Å². The number of pyridine rings is 1. The molecule has 0 radical (unpaired) electrons. The number of fused-ring (bicyclic) bond motifs is 4. The molecular formula is C21H15NO. The molecule has 2 heterocycles. The van der Waals surface area contributed by atoms with Gasteiger partial charge in [0, 0.05) is 28.6 Å². The standard InChI is InChI=1S/C21H15NO/c1-2-6-16-14(5-1)11-12-22-21(16)15-9-10-18-17-7-3-4-8-19(17)23-20(18)13-15/h1-13,17,19H. The van der Waals surface area contributed by atoms with Crippen LogP contribution in [-0.2, 0) is 0 Å². The van der Waals surface area contributed by atoms with Gasteiger partial charge in [0.05, 0.1) is 5.69 Å². The Morgan fingerprint density at radius 1 is 0.913 bits per heavy atom. The highest BCUT2D eigenvalue weighted by Crippen LogP contribution is 2.43. The summed E-state index contributed by atoms with van der Waals surface area (Å²) in [5.41, 5.74) is 3.38. The zero-order valence-electron chi connectivity index (χ0n) is 12.5. The number of rotatable bonds is 1. The summed E-state index contributed by atoms with van der Waals surface area (Å²) in [7, 11) is 0. The van der Waals surface area contributed by atoms with Gasteiger partial charge in [0.2, 0.25) is 0 Å². The van der Waals surface area contributed by atoms with E-state index in [1.54, 1.807) is 0 Å². The van der Waals surface area contributed by atoms with Crippen LogP contribution in [0.3, 0.4) is 0 Å². The number of ether oxygens (including phenoxy) is 1. The van der Waals surface area contributed by atoms with E-state index in [0.29, 0.717) is 5.92 Å². The second-order valence-corrected chi connectivity index (χ2v) is 6.01. The molecule has 0 spiro atoms. The van der Waals surface area contributed by atoms with Gasteiger partial charge in [0.15, 0.2) is 0 Å². The molecule has 2 heteroatoms. The summed E-state index contributed by atoms with van der Waals surface area (Å²) in [6.07, 6.45) is 10.5. The summed E-state index contributed by atoms with van der Waals surface area (Å²) in [4.78, 5) is 4.61.